The highest BCUT2D eigenvalue weighted by atomic mass is 32.2. The smallest absolute Gasteiger partial charge is 0.238 e. The monoisotopic (exact) mass is 336 g/mol. The van der Waals surface area contributed by atoms with Crippen molar-refractivity contribution in [3.8, 4) is 0 Å². The number of tetrazole rings is 1. The number of nitrogens with zero attached hydrogens (tertiary/aromatic N) is 5. The van der Waals surface area contributed by atoms with Crippen LogP contribution in [-0.4, -0.2) is 35.2 Å². The Bertz CT molecular complexity index is 837. The van der Waals surface area contributed by atoms with E-state index in [2.05, 4.69) is 20.4 Å². The number of primary sulfonamides is 1. The van der Waals surface area contributed by atoms with Crippen molar-refractivity contribution in [2.75, 3.05) is 11.4 Å². The molecule has 0 atom stereocenters. The Balaban J connectivity index is 1.88. The second-order valence-electron chi connectivity index (χ2n) is 6.68. The van der Waals surface area contributed by atoms with Crippen molar-refractivity contribution in [2.24, 2.45) is 5.14 Å². The Labute approximate surface area is 135 Å². The molecule has 2 aromatic rings. The van der Waals surface area contributed by atoms with Gasteiger partial charge in [-0.2, -0.15) is 0 Å². The van der Waals surface area contributed by atoms with Gasteiger partial charge < -0.3 is 4.90 Å². The molecule has 124 valence electrons. The average molecular weight is 336 g/mol. The molecule has 0 bridgehead atoms. The topological polar surface area (TPSA) is 107 Å². The highest BCUT2D eigenvalue weighted by Crippen LogP contribution is 2.31. The predicted octanol–water partition coefficient (Wildman–Crippen LogP) is 0.638. The number of hydrogen-bond acceptors (Lipinski definition) is 6. The van der Waals surface area contributed by atoms with Crippen LogP contribution in [-0.2, 0) is 28.5 Å². The summed E-state index contributed by atoms with van der Waals surface area (Å²) in [5, 5.41) is 17.2. The molecule has 0 unspecified atom stereocenters. The quantitative estimate of drug-likeness (QED) is 0.881. The van der Waals surface area contributed by atoms with Gasteiger partial charge in [0.15, 0.2) is 5.82 Å². The molecular weight excluding hydrogens is 316 g/mol. The first-order chi connectivity index (χ1) is 10.7. The van der Waals surface area contributed by atoms with Crippen molar-refractivity contribution >= 4 is 15.7 Å². The number of anilines is 1. The molecule has 3 rings (SSSR count). The maximum atomic E-state index is 11.5. The van der Waals surface area contributed by atoms with Gasteiger partial charge in [0, 0.05) is 12.2 Å². The SMILES string of the molecule is CC(C)(C)n1nnnc1CN1CCc2cc(S(N)(=O)=O)ccc21. The summed E-state index contributed by atoms with van der Waals surface area (Å²) < 4.78 is 24.7. The van der Waals surface area contributed by atoms with Crippen LogP contribution in [0.25, 0.3) is 0 Å². The molecule has 23 heavy (non-hydrogen) atoms. The van der Waals surface area contributed by atoms with Crippen molar-refractivity contribution in [2.45, 2.75) is 44.2 Å². The normalized spacial score (nSPS) is 15.0. The van der Waals surface area contributed by atoms with Crippen LogP contribution in [0.4, 0.5) is 5.69 Å². The van der Waals surface area contributed by atoms with Crippen LogP contribution in [0.15, 0.2) is 23.1 Å². The molecule has 2 heterocycles. The first-order valence-electron chi connectivity index (χ1n) is 7.35. The van der Waals surface area contributed by atoms with Crippen LogP contribution >= 0.6 is 0 Å². The molecule has 0 amide bonds. The van der Waals surface area contributed by atoms with E-state index in [9.17, 15) is 8.42 Å². The molecule has 0 saturated heterocycles. The van der Waals surface area contributed by atoms with Crippen molar-refractivity contribution in [3.63, 3.8) is 0 Å². The molecule has 8 nitrogen and oxygen atoms in total. The zero-order chi connectivity index (χ0) is 16.8. The van der Waals surface area contributed by atoms with Gasteiger partial charge in [-0.3, -0.25) is 0 Å². The summed E-state index contributed by atoms with van der Waals surface area (Å²) in [6, 6.07) is 4.99. The maximum absolute atomic E-state index is 11.5. The summed E-state index contributed by atoms with van der Waals surface area (Å²) in [6.45, 7) is 7.50. The Morgan fingerprint density at radius 3 is 2.70 bits per heavy atom. The second kappa shape index (κ2) is 5.27. The van der Waals surface area contributed by atoms with Crippen LogP contribution in [0.5, 0.6) is 0 Å². The van der Waals surface area contributed by atoms with E-state index < -0.39 is 10.0 Å². The first kappa shape index (κ1) is 15.9. The van der Waals surface area contributed by atoms with Crippen molar-refractivity contribution in [1.29, 1.82) is 0 Å². The Hall–Kier alpha value is -2.00. The van der Waals surface area contributed by atoms with Crippen LogP contribution in [0, 0.1) is 0 Å². The number of fused-ring (bicyclic) bond motifs is 1. The lowest BCUT2D eigenvalue weighted by Gasteiger charge is -2.23. The predicted molar refractivity (Wildman–Crippen MR) is 85.4 cm³/mol. The molecule has 0 saturated carbocycles. The molecule has 0 aliphatic carbocycles. The minimum absolute atomic E-state index is 0.151. The van der Waals surface area contributed by atoms with Crippen molar-refractivity contribution < 1.29 is 8.42 Å². The van der Waals surface area contributed by atoms with E-state index in [1.54, 1.807) is 18.2 Å². The molecule has 2 N–H and O–H groups in total. The molecule has 1 aliphatic heterocycles. The van der Waals surface area contributed by atoms with E-state index in [-0.39, 0.29) is 10.4 Å². The Morgan fingerprint density at radius 1 is 1.30 bits per heavy atom. The molecule has 1 aromatic carbocycles. The number of aromatic nitrogens is 4. The van der Waals surface area contributed by atoms with Crippen LogP contribution in [0.3, 0.4) is 0 Å². The minimum atomic E-state index is -3.67. The van der Waals surface area contributed by atoms with Gasteiger partial charge in [0.1, 0.15) is 0 Å². The summed E-state index contributed by atoms with van der Waals surface area (Å²) in [7, 11) is -3.67. The number of sulfonamides is 1. The van der Waals surface area contributed by atoms with Gasteiger partial charge in [-0.25, -0.2) is 18.2 Å². The molecule has 0 fully saturated rings. The van der Waals surface area contributed by atoms with Gasteiger partial charge in [-0.1, -0.05) is 0 Å². The fourth-order valence-corrected chi connectivity index (χ4v) is 3.35. The Morgan fingerprint density at radius 2 is 2.04 bits per heavy atom. The summed E-state index contributed by atoms with van der Waals surface area (Å²) in [4.78, 5) is 2.30. The number of hydrogen-bond donors (Lipinski definition) is 1. The van der Waals surface area contributed by atoms with Gasteiger partial charge in [-0.05, 0) is 61.4 Å². The van der Waals surface area contributed by atoms with Crippen LogP contribution in [0.1, 0.15) is 32.2 Å². The Kier molecular flexibility index (Phi) is 3.64. The molecule has 0 spiro atoms. The van der Waals surface area contributed by atoms with Gasteiger partial charge >= 0.3 is 0 Å². The van der Waals surface area contributed by atoms with Crippen molar-refractivity contribution in [3.05, 3.63) is 29.6 Å². The van der Waals surface area contributed by atoms with Crippen LogP contribution < -0.4 is 10.0 Å². The van der Waals surface area contributed by atoms with E-state index in [0.717, 1.165) is 30.0 Å². The lowest BCUT2D eigenvalue weighted by atomic mass is 10.1. The van der Waals surface area contributed by atoms with E-state index in [1.807, 2.05) is 25.5 Å². The average Bonchev–Trinajstić information content (AvgIpc) is 3.04. The lowest BCUT2D eigenvalue weighted by molar-refractivity contribution is 0.334. The number of benzene rings is 1. The fourth-order valence-electron chi connectivity index (χ4n) is 2.78. The van der Waals surface area contributed by atoms with Crippen LogP contribution in [0.2, 0.25) is 0 Å². The summed E-state index contributed by atoms with van der Waals surface area (Å²) in [6.07, 6.45) is 0.774. The van der Waals surface area contributed by atoms with E-state index >= 15 is 0 Å². The molecule has 0 radical (unpaired) electrons. The molecule has 1 aliphatic rings. The first-order valence-corrected chi connectivity index (χ1v) is 8.89. The third-order valence-electron chi connectivity index (χ3n) is 3.87. The highest BCUT2D eigenvalue weighted by Gasteiger charge is 2.25. The number of nitrogens with two attached hydrogens (primary N) is 1. The van der Waals surface area contributed by atoms with Gasteiger partial charge in [0.25, 0.3) is 0 Å². The summed E-state index contributed by atoms with van der Waals surface area (Å²) in [5.41, 5.74) is 1.78. The zero-order valence-corrected chi connectivity index (χ0v) is 14.2. The van der Waals surface area contributed by atoms with E-state index in [0.29, 0.717) is 6.54 Å². The largest absolute Gasteiger partial charge is 0.363 e. The third kappa shape index (κ3) is 3.06. The summed E-state index contributed by atoms with van der Waals surface area (Å²) in [5.74, 6) is 0.779. The zero-order valence-electron chi connectivity index (χ0n) is 13.4. The minimum Gasteiger partial charge on any atom is -0.363 e. The standard InChI is InChI=1S/C14H20N6O2S/c1-14(2,3)20-13(16-17-18-20)9-19-7-6-10-8-11(23(15,21)22)4-5-12(10)19/h4-5,8H,6-7,9H2,1-3H3,(H2,15,21,22). The number of rotatable bonds is 3. The molecule has 9 heteroatoms. The molecular formula is C14H20N6O2S. The van der Waals surface area contributed by atoms with Gasteiger partial charge in [0.05, 0.1) is 17.0 Å². The maximum Gasteiger partial charge on any atom is 0.238 e. The second-order valence-corrected chi connectivity index (χ2v) is 8.25. The van der Waals surface area contributed by atoms with Crippen molar-refractivity contribution in [1.82, 2.24) is 20.2 Å². The highest BCUT2D eigenvalue weighted by molar-refractivity contribution is 7.89. The fraction of sp³-hybridized carbons (Fsp3) is 0.500. The molecule has 1 aromatic heterocycles. The van der Waals surface area contributed by atoms with E-state index in [4.69, 9.17) is 5.14 Å². The van der Waals surface area contributed by atoms with Gasteiger partial charge in [0.2, 0.25) is 10.0 Å². The van der Waals surface area contributed by atoms with E-state index in [1.165, 1.54) is 0 Å². The van der Waals surface area contributed by atoms with Gasteiger partial charge in [-0.15, -0.1) is 5.10 Å². The third-order valence-corrected chi connectivity index (χ3v) is 4.78. The lowest BCUT2D eigenvalue weighted by Crippen LogP contribution is -2.29. The summed E-state index contributed by atoms with van der Waals surface area (Å²) >= 11 is 0.